The molecule has 3 heterocycles. The van der Waals surface area contributed by atoms with Crippen LogP contribution in [0, 0.1) is 6.92 Å². The number of methoxy groups -OCH3 is 2. The summed E-state index contributed by atoms with van der Waals surface area (Å²) in [6.07, 6.45) is 1.67. The van der Waals surface area contributed by atoms with Crippen molar-refractivity contribution < 1.29 is 14.3 Å². The van der Waals surface area contributed by atoms with Crippen LogP contribution < -0.4 is 19.7 Å². The van der Waals surface area contributed by atoms with Gasteiger partial charge in [-0.3, -0.25) is 4.79 Å². The zero-order chi connectivity index (χ0) is 30.1. The van der Waals surface area contributed by atoms with Crippen LogP contribution in [0.4, 0.5) is 5.95 Å². The molecule has 1 N–H and O–H groups in total. The van der Waals surface area contributed by atoms with Gasteiger partial charge in [0.1, 0.15) is 11.5 Å². The van der Waals surface area contributed by atoms with Crippen LogP contribution in [0.15, 0.2) is 48.7 Å². The maximum absolute atomic E-state index is 13.7. The second-order valence-electron chi connectivity index (χ2n) is 11.0. The fourth-order valence-corrected chi connectivity index (χ4v) is 5.02. The minimum absolute atomic E-state index is 0.144. The zero-order valence-electron chi connectivity index (χ0n) is 25.9. The van der Waals surface area contributed by atoms with Gasteiger partial charge < -0.3 is 34.4 Å². The topological polar surface area (TPSA) is 86.3 Å². The molecule has 0 radical (unpaired) electrons. The highest BCUT2D eigenvalue weighted by Crippen LogP contribution is 2.29. The number of amides is 1. The highest BCUT2D eigenvalue weighted by Gasteiger charge is 2.24. The minimum Gasteiger partial charge on any atom is -0.497 e. The van der Waals surface area contributed by atoms with Gasteiger partial charge >= 0.3 is 0 Å². The molecule has 0 saturated carbocycles. The van der Waals surface area contributed by atoms with Crippen LogP contribution in [-0.2, 0) is 6.54 Å². The summed E-state index contributed by atoms with van der Waals surface area (Å²) < 4.78 is 10.8. The van der Waals surface area contributed by atoms with Gasteiger partial charge in [0.15, 0.2) is 0 Å². The Balaban J connectivity index is 0.000000507. The van der Waals surface area contributed by atoms with E-state index in [1.54, 1.807) is 32.4 Å². The molecule has 5 rings (SSSR count). The van der Waals surface area contributed by atoms with Crippen LogP contribution in [0.5, 0.6) is 11.5 Å². The number of anilines is 1. The van der Waals surface area contributed by atoms with Gasteiger partial charge in [0, 0.05) is 83.8 Å². The van der Waals surface area contributed by atoms with Crippen LogP contribution in [-0.4, -0.2) is 118 Å². The number of nitrogens with one attached hydrogen (secondary N) is 1. The van der Waals surface area contributed by atoms with Crippen molar-refractivity contribution in [3.63, 3.8) is 0 Å². The Hall–Kier alpha value is -3.73. The molecule has 42 heavy (non-hydrogen) atoms. The first-order chi connectivity index (χ1) is 20.3. The van der Waals surface area contributed by atoms with E-state index >= 15 is 0 Å². The van der Waals surface area contributed by atoms with E-state index in [0.717, 1.165) is 56.0 Å². The van der Waals surface area contributed by atoms with E-state index in [9.17, 15) is 4.79 Å². The molecule has 3 aromatic rings. The summed E-state index contributed by atoms with van der Waals surface area (Å²) >= 11 is 0. The molecule has 2 fully saturated rings. The Bertz CT molecular complexity index is 1300. The van der Waals surface area contributed by atoms with E-state index in [4.69, 9.17) is 14.5 Å². The maximum atomic E-state index is 13.7. The van der Waals surface area contributed by atoms with Crippen molar-refractivity contribution in [3.05, 3.63) is 65.4 Å². The molecule has 226 valence electrons. The number of nitrogens with zero attached hydrogens (tertiary/aromatic N) is 6. The lowest BCUT2D eigenvalue weighted by Crippen LogP contribution is -2.45. The number of benzene rings is 2. The van der Waals surface area contributed by atoms with Gasteiger partial charge in [-0.1, -0.05) is 24.3 Å². The number of likely N-dealkylation sites (N-methyl/N-ethyl adjacent to an activating group) is 2. The summed E-state index contributed by atoms with van der Waals surface area (Å²) in [7, 11) is 9.28. The SMILES string of the molecule is CN1CCNCC1.COc1cc(CN(C)C(=O)c2cnc(N3CCN(C)CC3)nc2-c2ccccc2C)cc(OC)c1. The third kappa shape index (κ3) is 8.18. The number of hydrogen-bond donors (Lipinski definition) is 1. The Morgan fingerprint density at radius 2 is 1.55 bits per heavy atom. The van der Waals surface area contributed by atoms with Crippen molar-refractivity contribution in [1.29, 1.82) is 0 Å². The maximum Gasteiger partial charge on any atom is 0.257 e. The van der Waals surface area contributed by atoms with Crippen LogP contribution in [0.2, 0.25) is 0 Å². The van der Waals surface area contributed by atoms with Crippen LogP contribution in [0.25, 0.3) is 11.3 Å². The number of aryl methyl sites for hydroxylation is 1. The molecule has 0 aliphatic carbocycles. The quantitative estimate of drug-likeness (QED) is 0.457. The third-order valence-electron chi connectivity index (χ3n) is 7.71. The summed E-state index contributed by atoms with van der Waals surface area (Å²) in [6.45, 7) is 10.8. The van der Waals surface area contributed by atoms with E-state index in [2.05, 4.69) is 39.1 Å². The predicted molar refractivity (Wildman–Crippen MR) is 168 cm³/mol. The van der Waals surface area contributed by atoms with Crippen molar-refractivity contribution in [2.45, 2.75) is 13.5 Å². The Labute approximate surface area is 250 Å². The summed E-state index contributed by atoms with van der Waals surface area (Å²) in [5.41, 5.74) is 4.04. The molecule has 0 atom stereocenters. The Morgan fingerprint density at radius 1 is 0.929 bits per heavy atom. The van der Waals surface area contributed by atoms with Crippen molar-refractivity contribution >= 4 is 11.9 Å². The molecule has 0 bridgehead atoms. The van der Waals surface area contributed by atoms with Gasteiger partial charge in [-0.2, -0.15) is 0 Å². The lowest BCUT2D eigenvalue weighted by atomic mass is 10.0. The fourth-order valence-electron chi connectivity index (χ4n) is 5.02. The lowest BCUT2D eigenvalue weighted by molar-refractivity contribution is 0.0785. The molecule has 1 aromatic heterocycles. The molecule has 10 heteroatoms. The van der Waals surface area contributed by atoms with Gasteiger partial charge in [0.25, 0.3) is 5.91 Å². The van der Waals surface area contributed by atoms with Crippen molar-refractivity contribution in [3.8, 4) is 22.8 Å². The predicted octanol–water partition coefficient (Wildman–Crippen LogP) is 3.01. The van der Waals surface area contributed by atoms with Crippen LogP contribution in [0.1, 0.15) is 21.5 Å². The van der Waals surface area contributed by atoms with Crippen molar-refractivity contribution in [2.75, 3.05) is 92.6 Å². The second kappa shape index (κ2) is 14.9. The highest BCUT2D eigenvalue weighted by molar-refractivity contribution is 6.00. The molecule has 2 saturated heterocycles. The van der Waals surface area contributed by atoms with Crippen molar-refractivity contribution in [1.82, 2.24) is 30.0 Å². The molecular formula is C32H45N7O3. The number of rotatable bonds is 7. The van der Waals surface area contributed by atoms with E-state index < -0.39 is 0 Å². The lowest BCUT2D eigenvalue weighted by Gasteiger charge is -2.32. The molecule has 0 unspecified atom stereocenters. The minimum atomic E-state index is -0.144. The van der Waals surface area contributed by atoms with Gasteiger partial charge in [0.05, 0.1) is 25.5 Å². The number of carbonyl (C=O) groups excluding carboxylic acids is 1. The van der Waals surface area contributed by atoms with Gasteiger partial charge in [-0.15, -0.1) is 0 Å². The molecule has 1 amide bonds. The van der Waals surface area contributed by atoms with Crippen molar-refractivity contribution in [2.24, 2.45) is 0 Å². The van der Waals surface area contributed by atoms with E-state index in [-0.39, 0.29) is 5.91 Å². The largest absolute Gasteiger partial charge is 0.497 e. The van der Waals surface area contributed by atoms with Gasteiger partial charge in [0.2, 0.25) is 5.95 Å². The monoisotopic (exact) mass is 575 g/mol. The molecule has 10 nitrogen and oxygen atoms in total. The number of hydrogen-bond acceptors (Lipinski definition) is 9. The van der Waals surface area contributed by atoms with Gasteiger partial charge in [-0.05, 0) is 44.3 Å². The van der Waals surface area contributed by atoms with Crippen LogP contribution >= 0.6 is 0 Å². The first-order valence-corrected chi connectivity index (χ1v) is 14.5. The standard InChI is InChI=1S/C27H33N5O3.C5H12N2/c1-19-8-6-7-9-23(19)25-24(17-28-27(29-25)32-12-10-30(2)11-13-32)26(33)31(3)18-20-14-21(34-4)16-22(15-20)35-5;1-7-4-2-6-3-5-7/h6-9,14-17H,10-13,18H2,1-5H3;6H,2-5H2,1H3. The third-order valence-corrected chi connectivity index (χ3v) is 7.71. The second-order valence-corrected chi connectivity index (χ2v) is 11.0. The van der Waals surface area contributed by atoms with Crippen LogP contribution in [0.3, 0.4) is 0 Å². The molecule has 2 aromatic carbocycles. The fraction of sp³-hybridized carbons (Fsp3) is 0.469. The summed E-state index contributed by atoms with van der Waals surface area (Å²) in [5.74, 6) is 1.88. The number of carbonyl (C=O) groups is 1. The Morgan fingerprint density at radius 3 is 2.12 bits per heavy atom. The summed E-state index contributed by atoms with van der Waals surface area (Å²) in [6, 6.07) is 13.6. The van der Waals surface area contributed by atoms with E-state index in [1.807, 2.05) is 49.4 Å². The average molecular weight is 576 g/mol. The molecular weight excluding hydrogens is 530 g/mol. The van der Waals surface area contributed by atoms with Gasteiger partial charge in [-0.25, -0.2) is 9.97 Å². The molecule has 2 aliphatic heterocycles. The average Bonchev–Trinajstić information content (AvgIpc) is 3.01. The zero-order valence-corrected chi connectivity index (χ0v) is 25.9. The van der Waals surface area contributed by atoms with E-state index in [0.29, 0.717) is 35.2 Å². The first kappa shape index (κ1) is 31.2. The first-order valence-electron chi connectivity index (χ1n) is 14.5. The number of ether oxygens (including phenoxy) is 2. The highest BCUT2D eigenvalue weighted by atomic mass is 16.5. The molecule has 0 spiro atoms. The summed E-state index contributed by atoms with van der Waals surface area (Å²) in [4.78, 5) is 31.7. The molecule has 2 aliphatic rings. The normalized spacial score (nSPS) is 15.9. The van der Waals surface area contributed by atoms with E-state index in [1.165, 1.54) is 13.1 Å². The Kier molecular flexibility index (Phi) is 11.1. The number of aromatic nitrogens is 2. The summed E-state index contributed by atoms with van der Waals surface area (Å²) in [5, 5.41) is 3.27. The smallest absolute Gasteiger partial charge is 0.257 e. The number of piperazine rings is 2.